The first-order valence-electron chi connectivity index (χ1n) is 11.5. The summed E-state index contributed by atoms with van der Waals surface area (Å²) in [6, 6.07) is 4.47. The van der Waals surface area contributed by atoms with Gasteiger partial charge in [-0.15, -0.1) is 5.10 Å². The number of sulfonamides is 1. The number of rotatable bonds is 4. The van der Waals surface area contributed by atoms with E-state index in [4.69, 9.17) is 15.6 Å². The van der Waals surface area contributed by atoms with Crippen LogP contribution in [0.5, 0.6) is 0 Å². The molecule has 1 fully saturated rings. The third kappa shape index (κ3) is 6.97. The number of anilines is 1. The predicted molar refractivity (Wildman–Crippen MR) is 130 cm³/mol. The fourth-order valence-electron chi connectivity index (χ4n) is 3.85. The summed E-state index contributed by atoms with van der Waals surface area (Å²) in [5.41, 5.74) is 6.19. The number of benzene rings is 1. The third-order valence-corrected chi connectivity index (χ3v) is 7.79. The number of hydrogen-bond acceptors (Lipinski definition) is 8. The van der Waals surface area contributed by atoms with Gasteiger partial charge in [-0.2, -0.15) is 26.3 Å². The number of alkyl halides is 6. The number of fused-ring (bicyclic) bond motifs is 1. The Morgan fingerprint density at radius 3 is 2.25 bits per heavy atom. The lowest BCUT2D eigenvalue weighted by Crippen LogP contribution is -2.52. The summed E-state index contributed by atoms with van der Waals surface area (Å²) in [7, 11) is -1.91. The molecule has 40 heavy (non-hydrogen) atoms. The van der Waals surface area contributed by atoms with Crippen molar-refractivity contribution in [2.75, 3.05) is 25.9 Å². The number of halogens is 6. The fourth-order valence-corrected chi connectivity index (χ4v) is 5.34. The summed E-state index contributed by atoms with van der Waals surface area (Å²) >= 11 is 0. The van der Waals surface area contributed by atoms with Crippen molar-refractivity contribution in [2.24, 2.45) is 0 Å². The molecule has 0 unspecified atom stereocenters. The number of nitrogens with zero attached hydrogens (tertiary/aromatic N) is 5. The Hall–Kier alpha value is -3.51. The molecular formula is C22H25F6N7O4S. The molecule has 4 N–H and O–H groups in total. The first kappa shape index (κ1) is 31.0. The Balaban J connectivity index is 0.000000559. The van der Waals surface area contributed by atoms with E-state index in [2.05, 4.69) is 24.7 Å². The number of piperidine rings is 1. The maximum Gasteiger partial charge on any atom is 0.490 e. The highest BCUT2D eigenvalue weighted by atomic mass is 32.2. The number of aliphatic carboxylic acids is 1. The van der Waals surface area contributed by atoms with Gasteiger partial charge in [-0.25, -0.2) is 32.4 Å². The summed E-state index contributed by atoms with van der Waals surface area (Å²) in [6.07, 6.45) is -7.28. The molecule has 18 heteroatoms. The number of carbonyl (C=O) groups is 1. The van der Waals surface area contributed by atoms with E-state index >= 15 is 0 Å². The van der Waals surface area contributed by atoms with Crippen LogP contribution < -0.4 is 10.5 Å². The molecule has 1 aromatic carbocycles. The second-order valence-corrected chi connectivity index (χ2v) is 11.1. The molecule has 0 saturated carbocycles. The number of likely N-dealkylation sites (tertiary alicyclic amines) is 1. The third-order valence-electron chi connectivity index (χ3n) is 6.15. The SMILES string of the molecule is Cc1ccc(S(=O)(=O)NC2(C)CCN(C)CC2)cc1-c1cnc2c(N)nc(C(F)(F)F)nn12.O=C(O)C(F)(F)F. The molecule has 0 aliphatic carbocycles. The van der Waals surface area contributed by atoms with Gasteiger partial charge in [0.05, 0.1) is 16.8 Å². The Kier molecular flexibility index (Phi) is 8.38. The van der Waals surface area contributed by atoms with Crippen molar-refractivity contribution in [3.63, 3.8) is 0 Å². The van der Waals surface area contributed by atoms with Crippen LogP contribution in [-0.2, 0) is 21.0 Å². The lowest BCUT2D eigenvalue weighted by atomic mass is 9.91. The van der Waals surface area contributed by atoms with Crippen molar-refractivity contribution in [2.45, 2.75) is 49.5 Å². The minimum absolute atomic E-state index is 0.00345. The van der Waals surface area contributed by atoms with Gasteiger partial charge in [0.15, 0.2) is 11.5 Å². The number of nitrogen functional groups attached to an aromatic ring is 1. The number of carboxylic acids is 1. The second-order valence-electron chi connectivity index (χ2n) is 9.45. The molecule has 0 radical (unpaired) electrons. The summed E-state index contributed by atoms with van der Waals surface area (Å²) < 4.78 is 101. The molecule has 2 aromatic heterocycles. The molecule has 3 aromatic rings. The minimum atomic E-state index is -5.08. The lowest BCUT2D eigenvalue weighted by molar-refractivity contribution is -0.192. The zero-order valence-corrected chi connectivity index (χ0v) is 22.1. The van der Waals surface area contributed by atoms with Gasteiger partial charge in [0, 0.05) is 11.1 Å². The molecule has 1 aliphatic rings. The highest BCUT2D eigenvalue weighted by Crippen LogP contribution is 2.32. The number of aryl methyl sites for hydroxylation is 1. The number of nitrogens with one attached hydrogen (secondary N) is 1. The summed E-state index contributed by atoms with van der Waals surface area (Å²) in [4.78, 5) is 18.3. The number of aromatic nitrogens is 4. The maximum atomic E-state index is 13.2. The number of carboxylic acid groups (broad SMARTS) is 1. The molecule has 0 amide bonds. The normalized spacial score (nSPS) is 16.4. The average molecular weight is 598 g/mol. The molecule has 1 aliphatic heterocycles. The predicted octanol–water partition coefficient (Wildman–Crippen LogP) is 3.10. The molecular weight excluding hydrogens is 572 g/mol. The van der Waals surface area contributed by atoms with Crippen LogP contribution in [0.2, 0.25) is 0 Å². The molecule has 3 heterocycles. The molecule has 0 bridgehead atoms. The van der Waals surface area contributed by atoms with Gasteiger partial charge >= 0.3 is 18.3 Å². The largest absolute Gasteiger partial charge is 0.490 e. The van der Waals surface area contributed by atoms with Gasteiger partial charge < -0.3 is 15.7 Å². The standard InChI is InChI=1S/C20H24F3N7O2S.C2HF3O2/c1-12-4-5-13(33(31,32)28-19(2)6-8-29(3)9-7-19)10-14(12)15-11-25-17-16(24)26-18(20(21,22)23)27-30(15)17;3-2(4,5)1(6)7/h4-5,10-11,28H,6-9H2,1-3H3,(H2,24,26,27);(H,6,7). The molecule has 4 rings (SSSR count). The van der Waals surface area contributed by atoms with Crippen LogP contribution in [0.4, 0.5) is 32.2 Å². The topological polar surface area (TPSA) is 156 Å². The van der Waals surface area contributed by atoms with Crippen LogP contribution in [-0.4, -0.2) is 75.8 Å². The summed E-state index contributed by atoms with van der Waals surface area (Å²) in [5, 5.41) is 10.7. The summed E-state index contributed by atoms with van der Waals surface area (Å²) in [5.74, 6) is -4.60. The van der Waals surface area contributed by atoms with Gasteiger partial charge in [-0.05, 0) is 64.5 Å². The molecule has 11 nitrogen and oxygen atoms in total. The zero-order valence-electron chi connectivity index (χ0n) is 21.3. The van der Waals surface area contributed by atoms with Crippen LogP contribution in [0.1, 0.15) is 31.2 Å². The van der Waals surface area contributed by atoms with E-state index in [1.165, 1.54) is 18.3 Å². The van der Waals surface area contributed by atoms with Crippen LogP contribution in [0.3, 0.4) is 0 Å². The van der Waals surface area contributed by atoms with Crippen molar-refractivity contribution < 1.29 is 44.7 Å². The number of nitrogens with two attached hydrogens (primary N) is 1. The van der Waals surface area contributed by atoms with Crippen molar-refractivity contribution in [3.8, 4) is 11.3 Å². The van der Waals surface area contributed by atoms with Gasteiger partial charge in [0.1, 0.15) is 0 Å². The Labute approximate surface area is 224 Å². The molecule has 0 spiro atoms. The van der Waals surface area contributed by atoms with E-state index in [0.717, 1.165) is 17.6 Å². The highest BCUT2D eigenvalue weighted by Gasteiger charge is 2.38. The average Bonchev–Trinajstić information content (AvgIpc) is 3.25. The van der Waals surface area contributed by atoms with Crippen LogP contribution >= 0.6 is 0 Å². The van der Waals surface area contributed by atoms with Crippen LogP contribution in [0, 0.1) is 6.92 Å². The Bertz CT molecular complexity index is 1510. The van der Waals surface area contributed by atoms with E-state index in [1.54, 1.807) is 13.0 Å². The Morgan fingerprint density at radius 2 is 1.73 bits per heavy atom. The highest BCUT2D eigenvalue weighted by molar-refractivity contribution is 7.89. The first-order valence-corrected chi connectivity index (χ1v) is 12.9. The molecule has 1 saturated heterocycles. The van der Waals surface area contributed by atoms with Crippen molar-refractivity contribution in [3.05, 3.63) is 35.8 Å². The van der Waals surface area contributed by atoms with E-state index in [-0.39, 0.29) is 16.2 Å². The lowest BCUT2D eigenvalue weighted by Gasteiger charge is -2.38. The van der Waals surface area contributed by atoms with E-state index < -0.39 is 45.5 Å². The van der Waals surface area contributed by atoms with E-state index in [9.17, 15) is 34.8 Å². The maximum absolute atomic E-state index is 13.2. The van der Waals surface area contributed by atoms with Gasteiger partial charge in [0.25, 0.3) is 5.82 Å². The zero-order chi connectivity index (χ0) is 30.3. The second kappa shape index (κ2) is 10.8. The van der Waals surface area contributed by atoms with Crippen molar-refractivity contribution in [1.82, 2.24) is 29.2 Å². The van der Waals surface area contributed by atoms with Gasteiger partial charge in [0.2, 0.25) is 10.0 Å². The van der Waals surface area contributed by atoms with Crippen LogP contribution in [0.15, 0.2) is 29.3 Å². The molecule has 0 atom stereocenters. The quantitative estimate of drug-likeness (QED) is 0.385. The van der Waals surface area contributed by atoms with Crippen molar-refractivity contribution in [1.29, 1.82) is 0 Å². The van der Waals surface area contributed by atoms with E-state index in [0.29, 0.717) is 24.0 Å². The van der Waals surface area contributed by atoms with Gasteiger partial charge in [-0.3, -0.25) is 0 Å². The monoisotopic (exact) mass is 597 g/mol. The van der Waals surface area contributed by atoms with Gasteiger partial charge in [-0.1, -0.05) is 6.07 Å². The summed E-state index contributed by atoms with van der Waals surface area (Å²) in [6.45, 7) is 5.12. The molecule has 220 valence electrons. The smallest absolute Gasteiger partial charge is 0.475 e. The minimum Gasteiger partial charge on any atom is -0.475 e. The van der Waals surface area contributed by atoms with Crippen LogP contribution in [0.25, 0.3) is 16.9 Å². The van der Waals surface area contributed by atoms with E-state index in [1.807, 2.05) is 14.0 Å². The Morgan fingerprint density at radius 1 is 1.15 bits per heavy atom. The first-order chi connectivity index (χ1) is 18.2. The fraction of sp³-hybridized carbons (Fsp3) is 0.455. The number of imidazole rings is 1. The number of hydrogen-bond donors (Lipinski definition) is 3. The van der Waals surface area contributed by atoms with Crippen molar-refractivity contribution >= 4 is 27.5 Å².